The Balaban J connectivity index is 2.10. The standard InChI is InChI=1S/C22H25N5O2S/c1-13(2)18(20(28)24-21(23)29)30-22-26-25-19(16-8-6-5-7-9-16)27(22)17-11-10-14(3)15(4)12-17/h5-13,18H,1-4H3,(H3,23,24,28,29)/t18-/m0/s1. The molecule has 0 saturated carbocycles. The molecule has 0 bridgehead atoms. The summed E-state index contributed by atoms with van der Waals surface area (Å²) in [6.45, 7) is 7.93. The van der Waals surface area contributed by atoms with Crippen molar-refractivity contribution in [3.8, 4) is 17.1 Å². The molecule has 1 atom stereocenters. The minimum Gasteiger partial charge on any atom is -0.351 e. The smallest absolute Gasteiger partial charge is 0.318 e. The predicted octanol–water partition coefficient (Wildman–Crippen LogP) is 3.86. The molecule has 0 unspecified atom stereocenters. The lowest BCUT2D eigenvalue weighted by Crippen LogP contribution is -2.42. The number of imide groups is 1. The number of nitrogens with zero attached hydrogens (tertiary/aromatic N) is 3. The molecule has 3 amide bonds. The Morgan fingerprint density at radius 2 is 1.73 bits per heavy atom. The highest BCUT2D eigenvalue weighted by atomic mass is 32.2. The van der Waals surface area contributed by atoms with E-state index in [1.54, 1.807) is 0 Å². The lowest BCUT2D eigenvalue weighted by atomic mass is 10.1. The summed E-state index contributed by atoms with van der Waals surface area (Å²) in [7, 11) is 0. The summed E-state index contributed by atoms with van der Waals surface area (Å²) in [5.41, 5.74) is 9.29. The van der Waals surface area contributed by atoms with Gasteiger partial charge in [0.1, 0.15) is 0 Å². The molecule has 0 spiro atoms. The van der Waals surface area contributed by atoms with E-state index in [2.05, 4.69) is 35.4 Å². The molecule has 0 fully saturated rings. The summed E-state index contributed by atoms with van der Waals surface area (Å²) in [5.74, 6) is 0.178. The van der Waals surface area contributed by atoms with Crippen LogP contribution >= 0.6 is 11.8 Å². The van der Waals surface area contributed by atoms with Gasteiger partial charge in [-0.15, -0.1) is 10.2 Å². The van der Waals surface area contributed by atoms with Crippen molar-refractivity contribution >= 4 is 23.7 Å². The highest BCUT2D eigenvalue weighted by Crippen LogP contribution is 2.33. The van der Waals surface area contributed by atoms with E-state index in [4.69, 9.17) is 5.73 Å². The van der Waals surface area contributed by atoms with E-state index in [1.165, 1.54) is 17.3 Å². The summed E-state index contributed by atoms with van der Waals surface area (Å²) in [6, 6.07) is 15.0. The van der Waals surface area contributed by atoms with Gasteiger partial charge in [0.05, 0.1) is 10.9 Å². The van der Waals surface area contributed by atoms with Gasteiger partial charge < -0.3 is 5.73 Å². The van der Waals surface area contributed by atoms with Crippen molar-refractivity contribution in [3.05, 3.63) is 59.7 Å². The molecule has 0 aliphatic carbocycles. The quantitative estimate of drug-likeness (QED) is 0.586. The number of hydrogen-bond donors (Lipinski definition) is 2. The molecule has 0 radical (unpaired) electrons. The maximum Gasteiger partial charge on any atom is 0.318 e. The molecule has 3 aromatic rings. The van der Waals surface area contributed by atoms with Crippen molar-refractivity contribution in [2.24, 2.45) is 11.7 Å². The number of benzene rings is 2. The van der Waals surface area contributed by atoms with E-state index in [0.717, 1.165) is 16.8 Å². The zero-order chi connectivity index (χ0) is 21.8. The molecule has 30 heavy (non-hydrogen) atoms. The Hall–Kier alpha value is -3.13. The molecule has 0 saturated heterocycles. The first-order valence-electron chi connectivity index (χ1n) is 9.63. The van der Waals surface area contributed by atoms with Crippen LogP contribution in [0.4, 0.5) is 4.79 Å². The number of carbonyl (C=O) groups excluding carboxylic acids is 2. The van der Waals surface area contributed by atoms with E-state index in [0.29, 0.717) is 11.0 Å². The molecule has 3 rings (SSSR count). The number of carbonyl (C=O) groups is 2. The number of hydrogen-bond acceptors (Lipinski definition) is 5. The molecule has 1 heterocycles. The number of nitrogens with one attached hydrogen (secondary N) is 1. The van der Waals surface area contributed by atoms with E-state index in [1.807, 2.05) is 60.9 Å². The van der Waals surface area contributed by atoms with Crippen molar-refractivity contribution in [2.45, 2.75) is 38.1 Å². The fourth-order valence-corrected chi connectivity index (χ4v) is 4.07. The summed E-state index contributed by atoms with van der Waals surface area (Å²) in [4.78, 5) is 23.7. The number of nitrogens with two attached hydrogens (primary N) is 1. The first kappa shape index (κ1) is 21.6. The Morgan fingerprint density at radius 1 is 1.03 bits per heavy atom. The highest BCUT2D eigenvalue weighted by Gasteiger charge is 2.28. The molecule has 156 valence electrons. The minimum atomic E-state index is -0.869. The van der Waals surface area contributed by atoms with Gasteiger partial charge in [0.15, 0.2) is 11.0 Å². The topological polar surface area (TPSA) is 103 Å². The molecule has 7 nitrogen and oxygen atoms in total. The number of urea groups is 1. The maximum atomic E-state index is 12.5. The van der Waals surface area contributed by atoms with Gasteiger partial charge in [-0.25, -0.2) is 4.79 Å². The number of rotatable bonds is 6. The Morgan fingerprint density at radius 3 is 2.33 bits per heavy atom. The SMILES string of the molecule is Cc1ccc(-n2c(S[C@H](C(=O)NC(N)=O)C(C)C)nnc2-c2ccccc2)cc1C. The number of aryl methyl sites for hydroxylation is 2. The summed E-state index contributed by atoms with van der Waals surface area (Å²) in [6.07, 6.45) is 0. The van der Waals surface area contributed by atoms with Crippen molar-refractivity contribution in [3.63, 3.8) is 0 Å². The first-order valence-corrected chi connectivity index (χ1v) is 10.5. The Kier molecular flexibility index (Phi) is 6.56. The van der Waals surface area contributed by atoms with Crippen molar-refractivity contribution in [1.29, 1.82) is 0 Å². The van der Waals surface area contributed by atoms with E-state index >= 15 is 0 Å². The average Bonchev–Trinajstić information content (AvgIpc) is 3.11. The average molecular weight is 424 g/mol. The van der Waals surface area contributed by atoms with Gasteiger partial charge in [0.25, 0.3) is 0 Å². The lowest BCUT2D eigenvalue weighted by molar-refractivity contribution is -0.120. The van der Waals surface area contributed by atoms with Crippen molar-refractivity contribution in [2.75, 3.05) is 0 Å². The van der Waals surface area contributed by atoms with Crippen LogP contribution in [0.1, 0.15) is 25.0 Å². The molecule has 3 N–H and O–H groups in total. The monoisotopic (exact) mass is 423 g/mol. The fourth-order valence-electron chi connectivity index (χ4n) is 3.02. The van der Waals surface area contributed by atoms with Crippen LogP contribution in [0.15, 0.2) is 53.7 Å². The van der Waals surface area contributed by atoms with Gasteiger partial charge in [0.2, 0.25) is 5.91 Å². The number of primary amides is 1. The lowest BCUT2D eigenvalue weighted by Gasteiger charge is -2.19. The van der Waals surface area contributed by atoms with E-state index in [-0.39, 0.29) is 5.92 Å². The fraction of sp³-hybridized carbons (Fsp3) is 0.273. The normalized spacial score (nSPS) is 12.0. The van der Waals surface area contributed by atoms with Gasteiger partial charge in [0, 0.05) is 5.56 Å². The molecule has 2 aromatic carbocycles. The third-order valence-electron chi connectivity index (χ3n) is 4.76. The van der Waals surface area contributed by atoms with Gasteiger partial charge >= 0.3 is 6.03 Å². The molecule has 0 aliphatic rings. The third kappa shape index (κ3) is 4.71. The minimum absolute atomic E-state index is 0.0561. The van der Waals surface area contributed by atoms with Crippen LogP contribution in [0.2, 0.25) is 0 Å². The zero-order valence-corrected chi connectivity index (χ0v) is 18.2. The second kappa shape index (κ2) is 9.13. The number of aromatic nitrogens is 3. The third-order valence-corrected chi connectivity index (χ3v) is 6.24. The molecule has 0 aliphatic heterocycles. The number of amides is 3. The maximum absolute atomic E-state index is 12.5. The predicted molar refractivity (Wildman–Crippen MR) is 118 cm³/mol. The summed E-state index contributed by atoms with van der Waals surface area (Å²) < 4.78 is 1.94. The molecular weight excluding hydrogens is 398 g/mol. The zero-order valence-electron chi connectivity index (χ0n) is 17.4. The van der Waals surface area contributed by atoms with Crippen LogP contribution in [-0.4, -0.2) is 32.0 Å². The van der Waals surface area contributed by atoms with Crippen LogP contribution < -0.4 is 11.1 Å². The van der Waals surface area contributed by atoms with Crippen LogP contribution in [-0.2, 0) is 4.79 Å². The van der Waals surface area contributed by atoms with Crippen LogP contribution in [0.3, 0.4) is 0 Å². The van der Waals surface area contributed by atoms with Gasteiger partial charge in [-0.3, -0.25) is 14.7 Å². The van der Waals surface area contributed by atoms with Crippen LogP contribution in [0.25, 0.3) is 17.1 Å². The van der Waals surface area contributed by atoms with E-state index < -0.39 is 17.2 Å². The van der Waals surface area contributed by atoms with E-state index in [9.17, 15) is 9.59 Å². The second-order valence-corrected chi connectivity index (χ2v) is 8.52. The largest absolute Gasteiger partial charge is 0.351 e. The van der Waals surface area contributed by atoms with Gasteiger partial charge in [-0.2, -0.15) is 0 Å². The van der Waals surface area contributed by atoms with Crippen molar-refractivity contribution in [1.82, 2.24) is 20.1 Å². The second-order valence-electron chi connectivity index (χ2n) is 7.41. The number of thioether (sulfide) groups is 1. The summed E-state index contributed by atoms with van der Waals surface area (Å²) in [5, 5.41) is 11.0. The Bertz CT molecular complexity index is 1060. The van der Waals surface area contributed by atoms with Crippen LogP contribution in [0.5, 0.6) is 0 Å². The highest BCUT2D eigenvalue weighted by molar-refractivity contribution is 8.00. The van der Waals surface area contributed by atoms with Gasteiger partial charge in [-0.1, -0.05) is 62.0 Å². The van der Waals surface area contributed by atoms with Crippen molar-refractivity contribution < 1.29 is 9.59 Å². The molecular formula is C22H25N5O2S. The van der Waals surface area contributed by atoms with Crippen LogP contribution in [0, 0.1) is 19.8 Å². The molecule has 8 heteroatoms. The summed E-state index contributed by atoms with van der Waals surface area (Å²) >= 11 is 1.26. The first-order chi connectivity index (χ1) is 14.3. The van der Waals surface area contributed by atoms with Gasteiger partial charge in [-0.05, 0) is 43.0 Å². The molecule has 1 aromatic heterocycles. The Labute approximate surface area is 180 Å².